The highest BCUT2D eigenvalue weighted by molar-refractivity contribution is 8.01. The molecule has 0 radical (unpaired) electrons. The van der Waals surface area contributed by atoms with E-state index in [9.17, 15) is 17.7 Å². The first-order valence-corrected chi connectivity index (χ1v) is 8.71. The van der Waals surface area contributed by atoms with Gasteiger partial charge in [0.25, 0.3) is 0 Å². The first-order valence-electron chi connectivity index (χ1n) is 6.35. The Balaban J connectivity index is 2.71. The monoisotopic (exact) mass is 441 g/mol. The highest BCUT2D eigenvalue weighted by atomic mass is 35.5. The van der Waals surface area contributed by atoms with Crippen LogP contribution in [-0.4, -0.2) is 27.9 Å². The number of nitrogens with two attached hydrogens (primary N) is 1. The molecule has 0 aliphatic carbocycles. The standard InChI is InChI=1S/C12H9Cl3F5N4S/c1-25-11(15)8(4-21)23(19)24(20,10(11)22)9-6(13)2-5(3-7(9)14)12(16,17)18/h2-3,8,10H,22H2,1H3/q+1. The van der Waals surface area contributed by atoms with Gasteiger partial charge in [-0.25, -0.2) is 0 Å². The minimum atomic E-state index is -4.81. The Kier molecular flexibility index (Phi) is 5.45. The van der Waals surface area contributed by atoms with Crippen LogP contribution in [0.3, 0.4) is 0 Å². The molecule has 138 valence electrons. The number of hydrogen-bond acceptors (Lipinski definition) is 4. The van der Waals surface area contributed by atoms with Crippen molar-refractivity contribution >= 4 is 52.3 Å². The lowest BCUT2D eigenvalue weighted by molar-refractivity contribution is -0.251. The van der Waals surface area contributed by atoms with E-state index < -0.39 is 53.9 Å². The van der Waals surface area contributed by atoms with Gasteiger partial charge in [-0.1, -0.05) is 39.3 Å². The van der Waals surface area contributed by atoms with Gasteiger partial charge >= 0.3 is 6.18 Å². The van der Waals surface area contributed by atoms with E-state index in [2.05, 4.69) is 0 Å². The zero-order valence-electron chi connectivity index (χ0n) is 12.2. The van der Waals surface area contributed by atoms with Crippen LogP contribution in [0.1, 0.15) is 5.56 Å². The van der Waals surface area contributed by atoms with Crippen LogP contribution < -0.4 is 10.5 Å². The fraction of sp³-hybridized carbons (Fsp3) is 0.417. The van der Waals surface area contributed by atoms with Crippen LogP contribution in [0.15, 0.2) is 12.1 Å². The van der Waals surface area contributed by atoms with E-state index >= 15 is 4.48 Å². The minimum Gasteiger partial charge on any atom is -0.274 e. The van der Waals surface area contributed by atoms with Crippen LogP contribution in [-0.2, 0) is 6.18 Å². The van der Waals surface area contributed by atoms with Crippen molar-refractivity contribution in [1.29, 1.82) is 5.26 Å². The summed E-state index contributed by atoms with van der Waals surface area (Å²) in [6.07, 6.45) is -5.36. The van der Waals surface area contributed by atoms with Crippen molar-refractivity contribution in [1.82, 2.24) is 10.0 Å². The summed E-state index contributed by atoms with van der Waals surface area (Å²) >= 11 is 18.3. The quantitative estimate of drug-likeness (QED) is 0.406. The Bertz CT molecular complexity index is 721. The zero-order valence-corrected chi connectivity index (χ0v) is 15.2. The molecule has 1 saturated heterocycles. The summed E-state index contributed by atoms with van der Waals surface area (Å²) < 4.78 is 66.7. The predicted molar refractivity (Wildman–Crippen MR) is 86.8 cm³/mol. The molecule has 4 atom stereocenters. The molecule has 1 aromatic rings. The molecule has 0 aromatic heterocycles. The van der Waals surface area contributed by atoms with Crippen molar-refractivity contribution in [2.24, 2.45) is 5.73 Å². The third-order valence-corrected chi connectivity index (χ3v) is 6.29. The largest absolute Gasteiger partial charge is 0.416 e. The van der Waals surface area contributed by atoms with E-state index in [1.807, 2.05) is 0 Å². The van der Waals surface area contributed by atoms with E-state index in [-0.39, 0.29) is 0 Å². The molecule has 1 heterocycles. The van der Waals surface area contributed by atoms with E-state index in [1.54, 1.807) is 0 Å². The molecule has 0 saturated carbocycles. The number of nitriles is 1. The lowest BCUT2D eigenvalue weighted by Gasteiger charge is -2.29. The van der Waals surface area contributed by atoms with Crippen LogP contribution in [0, 0.1) is 11.3 Å². The summed E-state index contributed by atoms with van der Waals surface area (Å²) in [6, 6.07) is 0.392. The second-order valence-corrected chi connectivity index (χ2v) is 7.80. The van der Waals surface area contributed by atoms with Crippen LogP contribution in [0.25, 0.3) is 0 Å². The minimum absolute atomic E-state index is 0.387. The number of thioether (sulfide) groups is 1. The van der Waals surface area contributed by atoms with Gasteiger partial charge in [0.15, 0.2) is 4.21 Å². The van der Waals surface area contributed by atoms with Gasteiger partial charge in [0.1, 0.15) is 10.0 Å². The van der Waals surface area contributed by atoms with E-state index in [0.29, 0.717) is 23.9 Å². The van der Waals surface area contributed by atoms with Crippen molar-refractivity contribution in [2.75, 3.05) is 6.26 Å². The van der Waals surface area contributed by atoms with Crippen molar-refractivity contribution in [3.63, 3.8) is 0 Å². The van der Waals surface area contributed by atoms with Crippen molar-refractivity contribution in [3.8, 4) is 6.07 Å². The number of quaternary nitrogens is 1. The molecule has 0 bridgehead atoms. The fourth-order valence-corrected chi connectivity index (χ4v) is 4.19. The fourth-order valence-electron chi connectivity index (χ4n) is 2.46. The normalized spacial score (nSPS) is 33.5. The number of rotatable bonds is 2. The number of alkyl halides is 4. The molecule has 13 heteroatoms. The third kappa shape index (κ3) is 2.96. The van der Waals surface area contributed by atoms with E-state index in [0.717, 1.165) is 0 Å². The summed E-state index contributed by atoms with van der Waals surface area (Å²) in [6.45, 7) is 0. The van der Waals surface area contributed by atoms with Crippen LogP contribution >= 0.6 is 46.6 Å². The summed E-state index contributed by atoms with van der Waals surface area (Å²) in [5, 5.41) is 6.86. The molecule has 2 N–H and O–H groups in total. The van der Waals surface area contributed by atoms with Crippen LogP contribution in [0.4, 0.5) is 27.8 Å². The Morgan fingerprint density at radius 2 is 1.84 bits per heavy atom. The highest BCUT2D eigenvalue weighted by Gasteiger charge is 2.73. The van der Waals surface area contributed by atoms with Gasteiger partial charge in [-0.15, -0.1) is 11.8 Å². The molecular formula is C12H9Cl3F5N4S+. The van der Waals surface area contributed by atoms with E-state index in [1.165, 1.54) is 12.3 Å². The van der Waals surface area contributed by atoms with Gasteiger partial charge in [-0.2, -0.15) is 18.4 Å². The molecule has 25 heavy (non-hydrogen) atoms. The van der Waals surface area contributed by atoms with Crippen LogP contribution in [0.5, 0.6) is 0 Å². The average Bonchev–Trinajstić information content (AvgIpc) is 2.65. The van der Waals surface area contributed by atoms with Gasteiger partial charge in [0.2, 0.25) is 17.9 Å². The highest BCUT2D eigenvalue weighted by Crippen LogP contribution is 2.55. The number of halogens is 8. The van der Waals surface area contributed by atoms with Gasteiger partial charge < -0.3 is 0 Å². The molecule has 0 amide bonds. The average molecular weight is 443 g/mol. The molecule has 0 spiro atoms. The van der Waals surface area contributed by atoms with Crippen molar-refractivity contribution in [2.45, 2.75) is 22.6 Å². The van der Waals surface area contributed by atoms with E-state index in [4.69, 9.17) is 45.8 Å². The topological polar surface area (TPSA) is 53.0 Å². The summed E-state index contributed by atoms with van der Waals surface area (Å²) in [4.78, 5) is -2.47. The van der Waals surface area contributed by atoms with Gasteiger partial charge in [0.05, 0.1) is 16.9 Å². The Morgan fingerprint density at radius 3 is 2.16 bits per heavy atom. The third-order valence-electron chi connectivity index (χ3n) is 3.73. The first-order chi connectivity index (χ1) is 11.4. The molecule has 4 nitrogen and oxygen atoms in total. The lowest BCUT2D eigenvalue weighted by atomic mass is 10.1. The second kappa shape index (κ2) is 6.56. The first kappa shape index (κ1) is 20.8. The molecule has 1 aliphatic heterocycles. The maximum atomic E-state index is 15.6. The maximum Gasteiger partial charge on any atom is 0.416 e. The molecule has 2 rings (SSSR count). The molecule has 1 fully saturated rings. The number of nitrogens with zero attached hydrogens (tertiary/aromatic N) is 3. The second-order valence-electron chi connectivity index (χ2n) is 5.06. The predicted octanol–water partition coefficient (Wildman–Crippen LogP) is 4.79. The lowest BCUT2D eigenvalue weighted by Crippen LogP contribution is -2.59. The summed E-state index contributed by atoms with van der Waals surface area (Å²) in [5.74, 6) is 0. The molecular weight excluding hydrogens is 434 g/mol. The Labute approximate surface area is 158 Å². The SMILES string of the molecule is CSC1(Cl)C(C#N)N(F)[N+](F)(c2c(Cl)cc(C(F)(F)F)cc2Cl)C1N. The summed E-state index contributed by atoms with van der Waals surface area (Å²) in [7, 11) is 0. The number of benzene rings is 1. The summed E-state index contributed by atoms with van der Waals surface area (Å²) in [5.41, 5.74) is 3.58. The number of hydrogen-bond donors (Lipinski definition) is 1. The maximum absolute atomic E-state index is 15.6. The molecule has 1 aromatic carbocycles. The Hall–Kier alpha value is -0.540. The Morgan fingerprint density at radius 1 is 1.36 bits per heavy atom. The smallest absolute Gasteiger partial charge is 0.274 e. The van der Waals surface area contributed by atoms with Crippen molar-refractivity contribution in [3.05, 3.63) is 27.7 Å². The molecule has 4 unspecified atom stereocenters. The van der Waals surface area contributed by atoms with Gasteiger partial charge in [0, 0.05) is 9.30 Å². The van der Waals surface area contributed by atoms with Crippen molar-refractivity contribution < 1.29 is 22.1 Å². The zero-order chi connectivity index (χ0) is 19.4. The van der Waals surface area contributed by atoms with Gasteiger partial charge in [-0.05, 0) is 18.4 Å². The van der Waals surface area contributed by atoms with Crippen LogP contribution in [0.2, 0.25) is 10.0 Å². The molecule has 1 aliphatic rings. The van der Waals surface area contributed by atoms with Gasteiger partial charge in [-0.3, -0.25) is 5.73 Å².